The summed E-state index contributed by atoms with van der Waals surface area (Å²) in [7, 11) is 0. The van der Waals surface area contributed by atoms with Crippen LogP contribution in [-0.4, -0.2) is 12.1 Å². The summed E-state index contributed by atoms with van der Waals surface area (Å²) in [5.74, 6) is 0. The van der Waals surface area contributed by atoms with Crippen LogP contribution in [0.3, 0.4) is 0 Å². The van der Waals surface area contributed by atoms with Crippen LogP contribution in [-0.2, 0) is 0 Å². The predicted octanol–water partition coefficient (Wildman–Crippen LogP) is 0.987. The molecule has 2 aliphatic heterocycles. The number of fused-ring (bicyclic) bond motifs is 2. The van der Waals surface area contributed by atoms with E-state index in [9.17, 15) is 0 Å². The fourth-order valence-corrected chi connectivity index (χ4v) is 2.15. The van der Waals surface area contributed by atoms with Crippen molar-refractivity contribution in [2.75, 3.05) is 0 Å². The maximum Gasteiger partial charge on any atom is 0.108 e. The van der Waals surface area contributed by atoms with Gasteiger partial charge in [0.05, 0.1) is 6.04 Å². The van der Waals surface area contributed by atoms with Gasteiger partial charge in [-0.15, -0.1) is 0 Å². The molecule has 0 spiro atoms. The lowest BCUT2D eigenvalue weighted by Gasteiger charge is -2.22. The fourth-order valence-electron chi connectivity index (χ4n) is 2.15. The first-order chi connectivity index (χ1) is 5.34. The summed E-state index contributed by atoms with van der Waals surface area (Å²) in [6.07, 6.45) is 10.9. The van der Waals surface area contributed by atoms with Gasteiger partial charge in [-0.05, 0) is 13.0 Å². The van der Waals surface area contributed by atoms with Crippen molar-refractivity contribution in [2.45, 2.75) is 38.3 Å². The van der Waals surface area contributed by atoms with Gasteiger partial charge in [0.25, 0.3) is 0 Å². The first-order valence-corrected chi connectivity index (χ1v) is 4.52. The van der Waals surface area contributed by atoms with E-state index >= 15 is 0 Å². The lowest BCUT2D eigenvalue weighted by molar-refractivity contribution is -0.712. The van der Waals surface area contributed by atoms with E-state index in [0.29, 0.717) is 0 Å². The van der Waals surface area contributed by atoms with Gasteiger partial charge in [-0.1, -0.05) is 17.7 Å². The van der Waals surface area contributed by atoms with Crippen molar-refractivity contribution in [3.05, 3.63) is 23.8 Å². The number of quaternary nitrogens is 1. The second-order valence-electron chi connectivity index (χ2n) is 3.78. The van der Waals surface area contributed by atoms with E-state index in [1.54, 1.807) is 5.57 Å². The average Bonchev–Trinajstić information content (AvgIpc) is 2.11. The molecule has 0 fully saturated rings. The van der Waals surface area contributed by atoms with E-state index in [1.165, 1.54) is 19.3 Å². The maximum atomic E-state index is 2.52. The van der Waals surface area contributed by atoms with Gasteiger partial charge in [-0.25, -0.2) is 0 Å². The van der Waals surface area contributed by atoms with E-state index in [2.05, 4.69) is 30.5 Å². The Labute approximate surface area is 68.2 Å². The fraction of sp³-hybridized carbons (Fsp3) is 0.600. The Kier molecular flexibility index (Phi) is 1.82. The first-order valence-electron chi connectivity index (χ1n) is 4.52. The average molecular weight is 150 g/mol. The van der Waals surface area contributed by atoms with Crippen molar-refractivity contribution < 1.29 is 5.32 Å². The summed E-state index contributed by atoms with van der Waals surface area (Å²) in [4.78, 5) is 0. The molecule has 2 aliphatic rings. The molecular formula is C10H16N+. The molecule has 2 N–H and O–H groups in total. The van der Waals surface area contributed by atoms with Crippen molar-refractivity contribution in [1.29, 1.82) is 0 Å². The van der Waals surface area contributed by atoms with Gasteiger partial charge in [0.2, 0.25) is 0 Å². The third-order valence-electron chi connectivity index (χ3n) is 2.62. The number of nitrogens with two attached hydrogens (primary N) is 1. The number of rotatable bonds is 0. The molecule has 0 saturated heterocycles. The first kappa shape index (κ1) is 7.11. The molecule has 0 aromatic heterocycles. The Morgan fingerprint density at radius 1 is 1.36 bits per heavy atom. The van der Waals surface area contributed by atoms with E-state index in [1.807, 2.05) is 0 Å². The minimum Gasteiger partial charge on any atom is -0.337 e. The smallest absolute Gasteiger partial charge is 0.108 e. The summed E-state index contributed by atoms with van der Waals surface area (Å²) >= 11 is 0. The zero-order valence-electron chi connectivity index (χ0n) is 7.09. The summed E-state index contributed by atoms with van der Waals surface area (Å²) in [5.41, 5.74) is 1.59. The standard InChI is InChI=1S/C10H15N/c1-8-6-9-4-2-3-5-10(7-8)11-9/h2-3,6,9-11H,4-5,7H2,1H3/p+1/t9-,10+/m0/s1. The monoisotopic (exact) mass is 150 g/mol. The van der Waals surface area contributed by atoms with Crippen molar-refractivity contribution >= 4 is 0 Å². The maximum absolute atomic E-state index is 2.52. The zero-order chi connectivity index (χ0) is 7.68. The van der Waals surface area contributed by atoms with E-state index in [0.717, 1.165) is 12.1 Å². The highest BCUT2D eigenvalue weighted by Crippen LogP contribution is 2.14. The quantitative estimate of drug-likeness (QED) is 0.496. The molecule has 2 heterocycles. The molecule has 1 heteroatoms. The normalized spacial score (nSPS) is 36.3. The van der Waals surface area contributed by atoms with Gasteiger partial charge in [-0.2, -0.15) is 0 Å². The molecule has 0 aromatic carbocycles. The Hall–Kier alpha value is -0.560. The molecule has 0 aromatic rings. The van der Waals surface area contributed by atoms with E-state index in [-0.39, 0.29) is 0 Å². The van der Waals surface area contributed by atoms with Gasteiger partial charge in [0.15, 0.2) is 0 Å². The third kappa shape index (κ3) is 1.54. The minimum absolute atomic E-state index is 0.743. The number of hydrogen-bond donors (Lipinski definition) is 1. The van der Waals surface area contributed by atoms with Gasteiger partial charge in [0, 0.05) is 19.3 Å². The lowest BCUT2D eigenvalue weighted by atomic mass is 9.98. The largest absolute Gasteiger partial charge is 0.337 e. The molecule has 1 nitrogen and oxygen atoms in total. The van der Waals surface area contributed by atoms with Crippen molar-refractivity contribution in [2.24, 2.45) is 0 Å². The van der Waals surface area contributed by atoms with Crippen molar-refractivity contribution in [1.82, 2.24) is 0 Å². The van der Waals surface area contributed by atoms with Crippen molar-refractivity contribution in [3.8, 4) is 0 Å². The lowest BCUT2D eigenvalue weighted by Crippen LogP contribution is -2.95. The molecule has 2 atom stereocenters. The van der Waals surface area contributed by atoms with Gasteiger partial charge in [-0.3, -0.25) is 0 Å². The highest BCUT2D eigenvalue weighted by molar-refractivity contribution is 5.09. The second kappa shape index (κ2) is 2.82. The predicted molar refractivity (Wildman–Crippen MR) is 46.2 cm³/mol. The molecule has 11 heavy (non-hydrogen) atoms. The van der Waals surface area contributed by atoms with E-state index in [4.69, 9.17) is 0 Å². The molecule has 0 unspecified atom stereocenters. The molecule has 0 aliphatic carbocycles. The van der Waals surface area contributed by atoms with Gasteiger partial charge < -0.3 is 5.32 Å². The molecule has 2 bridgehead atoms. The summed E-state index contributed by atoms with van der Waals surface area (Å²) in [6.45, 7) is 2.26. The van der Waals surface area contributed by atoms with Crippen molar-refractivity contribution in [3.63, 3.8) is 0 Å². The minimum atomic E-state index is 0.743. The summed E-state index contributed by atoms with van der Waals surface area (Å²) in [5, 5.41) is 2.52. The zero-order valence-corrected chi connectivity index (χ0v) is 7.09. The van der Waals surface area contributed by atoms with Crippen LogP contribution >= 0.6 is 0 Å². The molecular weight excluding hydrogens is 134 g/mol. The third-order valence-corrected chi connectivity index (χ3v) is 2.62. The topological polar surface area (TPSA) is 16.6 Å². The SMILES string of the molecule is CC1=C[C@@H]2CC=CC[C@H](C1)[NH2+]2. The van der Waals surface area contributed by atoms with Crippen LogP contribution in [0.2, 0.25) is 0 Å². The number of hydrogen-bond acceptors (Lipinski definition) is 0. The van der Waals surface area contributed by atoms with Crippen LogP contribution < -0.4 is 5.32 Å². The Balaban J connectivity index is 2.17. The van der Waals surface area contributed by atoms with Crippen LogP contribution in [0.5, 0.6) is 0 Å². The van der Waals surface area contributed by atoms with Crippen LogP contribution in [0.25, 0.3) is 0 Å². The summed E-state index contributed by atoms with van der Waals surface area (Å²) < 4.78 is 0. The Bertz CT molecular complexity index is 203. The van der Waals surface area contributed by atoms with Gasteiger partial charge in [0.1, 0.15) is 6.04 Å². The van der Waals surface area contributed by atoms with E-state index < -0.39 is 0 Å². The highest BCUT2D eigenvalue weighted by Gasteiger charge is 2.23. The highest BCUT2D eigenvalue weighted by atomic mass is 15.0. The van der Waals surface area contributed by atoms with Crippen LogP contribution in [0, 0.1) is 0 Å². The molecule has 0 radical (unpaired) electrons. The van der Waals surface area contributed by atoms with Gasteiger partial charge >= 0.3 is 0 Å². The second-order valence-corrected chi connectivity index (χ2v) is 3.78. The van der Waals surface area contributed by atoms with Crippen LogP contribution in [0.15, 0.2) is 23.8 Å². The molecule has 60 valence electrons. The molecule has 0 amide bonds. The summed E-state index contributed by atoms with van der Waals surface area (Å²) in [6, 6.07) is 1.58. The molecule has 0 saturated carbocycles. The molecule has 2 rings (SSSR count). The van der Waals surface area contributed by atoms with Crippen LogP contribution in [0.4, 0.5) is 0 Å². The van der Waals surface area contributed by atoms with Crippen LogP contribution in [0.1, 0.15) is 26.2 Å². The Morgan fingerprint density at radius 3 is 3.09 bits per heavy atom. The Morgan fingerprint density at radius 2 is 2.18 bits per heavy atom.